The van der Waals surface area contributed by atoms with Crippen LogP contribution in [-0.4, -0.2) is 37.4 Å². The molecule has 1 aromatic heterocycles. The Balaban J connectivity index is 1.68. The minimum absolute atomic E-state index is 0.0141. The number of imidazole rings is 1. The maximum Gasteiger partial charge on any atom is 0.254 e. The van der Waals surface area contributed by atoms with E-state index in [9.17, 15) is 9.00 Å². The fourth-order valence-corrected chi connectivity index (χ4v) is 4.38. The molecule has 5 nitrogen and oxygen atoms in total. The zero-order valence-electron chi connectivity index (χ0n) is 15.6. The van der Waals surface area contributed by atoms with Crippen LogP contribution in [0.2, 0.25) is 0 Å². The summed E-state index contributed by atoms with van der Waals surface area (Å²) in [6, 6.07) is 15.2. The molecular weight excluding hydrogens is 358 g/mol. The topological polar surface area (TPSA) is 55.2 Å². The van der Waals surface area contributed by atoms with E-state index in [0.29, 0.717) is 5.56 Å². The van der Waals surface area contributed by atoms with Crippen molar-refractivity contribution in [1.82, 2.24) is 14.5 Å². The number of rotatable bonds is 3. The Bertz CT molecular complexity index is 1010. The van der Waals surface area contributed by atoms with Crippen molar-refractivity contribution in [2.24, 2.45) is 7.05 Å². The monoisotopic (exact) mass is 381 g/mol. The number of para-hydroxylation sites is 2. The van der Waals surface area contributed by atoms with Crippen molar-refractivity contribution >= 4 is 27.7 Å². The molecule has 0 spiro atoms. The molecule has 0 saturated carbocycles. The van der Waals surface area contributed by atoms with Crippen LogP contribution in [0.15, 0.2) is 53.4 Å². The van der Waals surface area contributed by atoms with E-state index in [1.807, 2.05) is 30.1 Å². The van der Waals surface area contributed by atoms with Crippen molar-refractivity contribution in [3.8, 4) is 0 Å². The molecule has 6 heteroatoms. The van der Waals surface area contributed by atoms with Gasteiger partial charge >= 0.3 is 0 Å². The minimum atomic E-state index is -1.04. The molecule has 0 aliphatic carbocycles. The number of hydrogen-bond acceptors (Lipinski definition) is 3. The third-order valence-corrected chi connectivity index (χ3v) is 6.25. The average molecular weight is 382 g/mol. The molecule has 140 valence electrons. The van der Waals surface area contributed by atoms with Gasteiger partial charge in [0, 0.05) is 41.1 Å². The van der Waals surface area contributed by atoms with E-state index in [2.05, 4.69) is 10.6 Å². The maximum absolute atomic E-state index is 13.2. The summed E-state index contributed by atoms with van der Waals surface area (Å²) in [5.74, 6) is 0.954. The first-order valence-corrected chi connectivity index (χ1v) is 10.8. The minimum Gasteiger partial charge on any atom is -0.329 e. The van der Waals surface area contributed by atoms with Crippen LogP contribution in [0, 0.1) is 0 Å². The summed E-state index contributed by atoms with van der Waals surface area (Å²) in [6.07, 6.45) is 4.65. The smallest absolute Gasteiger partial charge is 0.254 e. The van der Waals surface area contributed by atoms with Gasteiger partial charge in [-0.25, -0.2) is 4.98 Å². The van der Waals surface area contributed by atoms with Crippen LogP contribution in [0.1, 0.15) is 41.5 Å². The average Bonchev–Trinajstić information content (AvgIpc) is 3.04. The summed E-state index contributed by atoms with van der Waals surface area (Å²) in [5, 5.41) is 0. The van der Waals surface area contributed by atoms with E-state index in [1.165, 1.54) is 0 Å². The Kier molecular flexibility index (Phi) is 4.83. The molecule has 1 aliphatic rings. The van der Waals surface area contributed by atoms with Gasteiger partial charge in [-0.15, -0.1) is 0 Å². The number of hydrogen-bond donors (Lipinski definition) is 0. The molecule has 3 aromatic rings. The lowest BCUT2D eigenvalue weighted by atomic mass is 10.00. The Morgan fingerprint density at radius 2 is 1.85 bits per heavy atom. The number of aryl methyl sites for hydroxylation is 1. The standard InChI is InChI=1S/C21H23N3O2S/c1-23-18-8-4-3-7-17(18)22-20(23)19-9-5-6-14-24(19)21(25)15-10-12-16(13-11-15)27(2)26/h3-4,7-8,10-13,19H,5-6,9,14H2,1-2H3/t19-,27+/m1/s1. The van der Waals surface area contributed by atoms with Gasteiger partial charge in [0.25, 0.3) is 5.91 Å². The zero-order chi connectivity index (χ0) is 19.0. The molecule has 1 aliphatic heterocycles. The Morgan fingerprint density at radius 3 is 2.56 bits per heavy atom. The van der Waals surface area contributed by atoms with E-state index in [4.69, 9.17) is 4.98 Å². The number of aromatic nitrogens is 2. The third kappa shape index (κ3) is 3.30. The molecule has 4 rings (SSSR count). The largest absolute Gasteiger partial charge is 0.329 e. The van der Waals surface area contributed by atoms with Crippen molar-refractivity contribution < 1.29 is 9.00 Å². The van der Waals surface area contributed by atoms with E-state index in [1.54, 1.807) is 30.5 Å². The van der Waals surface area contributed by atoms with Crippen LogP contribution in [0.25, 0.3) is 11.0 Å². The van der Waals surface area contributed by atoms with E-state index in [-0.39, 0.29) is 11.9 Å². The summed E-state index contributed by atoms with van der Waals surface area (Å²) in [5.41, 5.74) is 2.68. The Labute approximate surface area is 161 Å². The normalized spacial score (nSPS) is 18.6. The van der Waals surface area contributed by atoms with Crippen molar-refractivity contribution in [2.45, 2.75) is 30.2 Å². The number of benzene rings is 2. The highest BCUT2D eigenvalue weighted by molar-refractivity contribution is 7.84. The van der Waals surface area contributed by atoms with Gasteiger partial charge in [0.05, 0.1) is 17.1 Å². The third-order valence-electron chi connectivity index (χ3n) is 5.32. The molecule has 2 atom stereocenters. The van der Waals surface area contributed by atoms with Gasteiger partial charge < -0.3 is 9.47 Å². The quantitative estimate of drug-likeness (QED) is 0.695. The van der Waals surface area contributed by atoms with Gasteiger partial charge in [-0.05, 0) is 55.7 Å². The van der Waals surface area contributed by atoms with Crippen LogP contribution in [-0.2, 0) is 17.8 Å². The predicted octanol–water partition coefficient (Wildman–Crippen LogP) is 3.68. The lowest BCUT2D eigenvalue weighted by Gasteiger charge is -2.35. The van der Waals surface area contributed by atoms with Gasteiger partial charge in [0.1, 0.15) is 5.82 Å². The number of carbonyl (C=O) groups is 1. The maximum atomic E-state index is 13.2. The fraction of sp³-hybridized carbons (Fsp3) is 0.333. The van der Waals surface area contributed by atoms with Crippen molar-refractivity contribution in [3.05, 3.63) is 59.9 Å². The van der Waals surface area contributed by atoms with Crippen molar-refractivity contribution in [3.63, 3.8) is 0 Å². The summed E-state index contributed by atoms with van der Waals surface area (Å²) in [6.45, 7) is 0.730. The van der Waals surface area contributed by atoms with Crippen LogP contribution in [0.3, 0.4) is 0 Å². The number of fused-ring (bicyclic) bond motifs is 1. The molecule has 0 N–H and O–H groups in total. The van der Waals surface area contributed by atoms with E-state index < -0.39 is 10.8 Å². The van der Waals surface area contributed by atoms with Gasteiger partial charge in [0.15, 0.2) is 0 Å². The first-order valence-electron chi connectivity index (χ1n) is 9.22. The molecule has 27 heavy (non-hydrogen) atoms. The summed E-state index contributed by atoms with van der Waals surface area (Å²) in [4.78, 5) is 20.7. The molecule has 1 saturated heterocycles. The molecule has 0 radical (unpaired) electrons. The number of amides is 1. The van der Waals surface area contributed by atoms with Crippen LogP contribution < -0.4 is 0 Å². The van der Waals surface area contributed by atoms with Gasteiger partial charge in [-0.1, -0.05) is 12.1 Å². The lowest BCUT2D eigenvalue weighted by Crippen LogP contribution is -2.39. The van der Waals surface area contributed by atoms with Gasteiger partial charge in [0.2, 0.25) is 0 Å². The summed E-state index contributed by atoms with van der Waals surface area (Å²) >= 11 is 0. The highest BCUT2D eigenvalue weighted by Gasteiger charge is 2.31. The SMILES string of the molecule is Cn1c([C@H]2CCCCN2C(=O)c2ccc([S@](C)=O)cc2)nc2ccccc21. The number of piperidine rings is 1. The van der Waals surface area contributed by atoms with Crippen LogP contribution in [0.4, 0.5) is 0 Å². The second-order valence-corrected chi connectivity index (χ2v) is 8.39. The van der Waals surface area contributed by atoms with Crippen LogP contribution >= 0.6 is 0 Å². The van der Waals surface area contributed by atoms with Gasteiger partial charge in [-0.2, -0.15) is 0 Å². The molecule has 1 amide bonds. The molecule has 2 heterocycles. The number of nitrogens with zero attached hydrogens (tertiary/aromatic N) is 3. The lowest BCUT2D eigenvalue weighted by molar-refractivity contribution is 0.0597. The Morgan fingerprint density at radius 1 is 1.11 bits per heavy atom. The van der Waals surface area contributed by atoms with E-state index >= 15 is 0 Å². The van der Waals surface area contributed by atoms with Crippen LogP contribution in [0.5, 0.6) is 0 Å². The summed E-state index contributed by atoms with van der Waals surface area (Å²) < 4.78 is 13.7. The van der Waals surface area contributed by atoms with Crippen molar-refractivity contribution in [1.29, 1.82) is 0 Å². The number of carbonyl (C=O) groups excluding carboxylic acids is 1. The fourth-order valence-electron chi connectivity index (χ4n) is 3.86. The summed E-state index contributed by atoms with van der Waals surface area (Å²) in [7, 11) is 0.979. The zero-order valence-corrected chi connectivity index (χ0v) is 16.4. The van der Waals surface area contributed by atoms with E-state index in [0.717, 1.165) is 47.6 Å². The molecule has 0 unspecified atom stereocenters. The van der Waals surface area contributed by atoms with Gasteiger partial charge in [-0.3, -0.25) is 9.00 Å². The molecule has 1 fully saturated rings. The first kappa shape index (κ1) is 17.9. The first-order chi connectivity index (χ1) is 13.1. The predicted molar refractivity (Wildman–Crippen MR) is 107 cm³/mol. The second kappa shape index (κ2) is 7.27. The molecular formula is C21H23N3O2S. The highest BCUT2D eigenvalue weighted by Crippen LogP contribution is 2.33. The molecule has 2 aromatic carbocycles. The van der Waals surface area contributed by atoms with Crippen molar-refractivity contribution in [2.75, 3.05) is 12.8 Å². The number of likely N-dealkylation sites (tertiary alicyclic amines) is 1. The second-order valence-electron chi connectivity index (χ2n) is 7.01. The Hall–Kier alpha value is -2.47. The highest BCUT2D eigenvalue weighted by atomic mass is 32.2. The molecule has 0 bridgehead atoms.